The summed E-state index contributed by atoms with van der Waals surface area (Å²) in [6, 6.07) is 19.2. The summed E-state index contributed by atoms with van der Waals surface area (Å²) in [5, 5.41) is 2.99. The van der Waals surface area contributed by atoms with Crippen molar-refractivity contribution in [3.05, 3.63) is 84.2 Å². The molecule has 31 heavy (non-hydrogen) atoms. The molecule has 0 atom stereocenters. The molecule has 160 valence electrons. The van der Waals surface area contributed by atoms with Crippen LogP contribution in [0.2, 0.25) is 0 Å². The maximum absolute atomic E-state index is 12.9. The molecule has 2 nitrogen and oxygen atoms in total. The minimum absolute atomic E-state index is 0.249. The monoisotopic (exact) mass is 440 g/mol. The predicted molar refractivity (Wildman–Crippen MR) is 122 cm³/mol. The Kier molecular flexibility index (Phi) is 5.52. The fraction of sp³-hybridized carbons (Fsp3) is 0.200. The molecule has 2 heterocycles. The summed E-state index contributed by atoms with van der Waals surface area (Å²) in [5.41, 5.74) is 2.43. The van der Waals surface area contributed by atoms with Crippen LogP contribution in [0.25, 0.3) is 22.0 Å². The normalized spacial score (nSPS) is 12.8. The molecule has 0 aliphatic carbocycles. The van der Waals surface area contributed by atoms with Gasteiger partial charge in [-0.15, -0.1) is 0 Å². The molecule has 6 heteroatoms. The van der Waals surface area contributed by atoms with Gasteiger partial charge in [-0.05, 0) is 77.7 Å². The highest BCUT2D eigenvalue weighted by Crippen LogP contribution is 2.55. The number of fused-ring (bicyclic) bond motifs is 1. The highest BCUT2D eigenvalue weighted by Gasteiger charge is 2.28. The summed E-state index contributed by atoms with van der Waals surface area (Å²) in [5.74, 6) is 0. The smallest absolute Gasteiger partial charge is 0.256 e. The lowest BCUT2D eigenvalue weighted by Crippen LogP contribution is -2.11. The van der Waals surface area contributed by atoms with Gasteiger partial charge in [-0.3, -0.25) is 9.97 Å². The van der Waals surface area contributed by atoms with E-state index in [1.165, 1.54) is 4.90 Å². The van der Waals surface area contributed by atoms with Gasteiger partial charge in [0.15, 0.2) is 0 Å². The van der Waals surface area contributed by atoms with Gasteiger partial charge < -0.3 is 0 Å². The van der Waals surface area contributed by atoms with Crippen molar-refractivity contribution >= 4 is 20.8 Å². The minimum Gasteiger partial charge on any atom is -0.256 e. The predicted octanol–water partition coefficient (Wildman–Crippen LogP) is 7.19. The first-order valence-corrected chi connectivity index (χ1v) is 12.3. The first kappa shape index (κ1) is 21.4. The standard InChI is InChI=1S/C25H23F3N2S/c1-17-12-18(16-25(26,27)28)14-20(13-17)24-22-8-7-21(15-19(22)9-11-30-24)31(2,3)23-6-4-5-10-29-23/h4-15H,16H2,1-3H3. The van der Waals surface area contributed by atoms with E-state index in [1.54, 1.807) is 18.3 Å². The second kappa shape index (κ2) is 8.00. The van der Waals surface area contributed by atoms with Gasteiger partial charge in [0.05, 0.1) is 17.1 Å². The fourth-order valence-electron chi connectivity index (χ4n) is 3.81. The molecule has 0 fully saturated rings. The second-order valence-electron chi connectivity index (χ2n) is 8.04. The van der Waals surface area contributed by atoms with E-state index in [9.17, 15) is 13.2 Å². The third kappa shape index (κ3) is 4.59. The van der Waals surface area contributed by atoms with Crippen molar-refractivity contribution in [1.29, 1.82) is 0 Å². The van der Waals surface area contributed by atoms with Crippen LogP contribution in [-0.4, -0.2) is 28.7 Å². The van der Waals surface area contributed by atoms with Gasteiger partial charge in [-0.1, -0.05) is 23.8 Å². The number of rotatable bonds is 4. The minimum atomic E-state index is -4.24. The average molecular weight is 441 g/mol. The molecule has 0 saturated carbocycles. The van der Waals surface area contributed by atoms with Crippen LogP contribution < -0.4 is 0 Å². The molecule has 4 rings (SSSR count). The van der Waals surface area contributed by atoms with E-state index in [0.717, 1.165) is 21.4 Å². The van der Waals surface area contributed by atoms with Crippen molar-refractivity contribution in [1.82, 2.24) is 9.97 Å². The molecule has 0 N–H and O–H groups in total. The topological polar surface area (TPSA) is 25.8 Å². The first-order chi connectivity index (χ1) is 14.6. The summed E-state index contributed by atoms with van der Waals surface area (Å²) >= 11 is 0. The molecule has 0 aliphatic rings. The molecule has 0 radical (unpaired) electrons. The molecule has 2 aromatic carbocycles. The third-order valence-electron chi connectivity index (χ3n) is 5.30. The lowest BCUT2D eigenvalue weighted by Gasteiger charge is -2.31. The first-order valence-electron chi connectivity index (χ1n) is 9.84. The molecular formula is C25H23F3N2S. The van der Waals surface area contributed by atoms with Gasteiger partial charge in [-0.25, -0.2) is 0 Å². The van der Waals surface area contributed by atoms with Crippen LogP contribution in [0.1, 0.15) is 11.1 Å². The van der Waals surface area contributed by atoms with E-state index in [4.69, 9.17) is 0 Å². The Morgan fingerprint density at radius 3 is 2.39 bits per heavy atom. The number of halogens is 3. The number of aromatic nitrogens is 2. The van der Waals surface area contributed by atoms with E-state index in [2.05, 4.69) is 34.6 Å². The van der Waals surface area contributed by atoms with Crippen molar-refractivity contribution < 1.29 is 13.2 Å². The van der Waals surface area contributed by atoms with Gasteiger partial charge >= 0.3 is 6.18 Å². The fourth-order valence-corrected chi connectivity index (χ4v) is 5.62. The van der Waals surface area contributed by atoms with E-state index >= 15 is 0 Å². The second-order valence-corrected chi connectivity index (χ2v) is 11.6. The average Bonchev–Trinajstić information content (AvgIpc) is 2.72. The molecule has 0 spiro atoms. The van der Waals surface area contributed by atoms with E-state index in [1.807, 2.05) is 49.5 Å². The van der Waals surface area contributed by atoms with Gasteiger partial charge in [-0.2, -0.15) is 23.2 Å². The zero-order valence-corrected chi connectivity index (χ0v) is 18.4. The van der Waals surface area contributed by atoms with Crippen LogP contribution in [-0.2, 0) is 6.42 Å². The Bertz CT molecular complexity index is 1230. The lowest BCUT2D eigenvalue weighted by molar-refractivity contribution is -0.127. The molecule has 4 aromatic rings. The highest BCUT2D eigenvalue weighted by atomic mass is 32.3. The van der Waals surface area contributed by atoms with Gasteiger partial charge in [0.2, 0.25) is 0 Å². The van der Waals surface area contributed by atoms with Crippen LogP contribution >= 0.6 is 10.0 Å². The highest BCUT2D eigenvalue weighted by molar-refractivity contribution is 8.32. The summed E-state index contributed by atoms with van der Waals surface area (Å²) in [6.45, 7) is 1.81. The Balaban J connectivity index is 1.80. The molecule has 2 aromatic heterocycles. The molecule has 0 bridgehead atoms. The van der Waals surface area contributed by atoms with Crippen molar-refractivity contribution in [3.63, 3.8) is 0 Å². The molecule has 0 amide bonds. The molecular weight excluding hydrogens is 417 g/mol. The van der Waals surface area contributed by atoms with E-state index < -0.39 is 22.6 Å². The Morgan fingerprint density at radius 1 is 0.871 bits per heavy atom. The number of hydrogen-bond acceptors (Lipinski definition) is 2. The maximum Gasteiger partial charge on any atom is 0.393 e. The molecule has 0 saturated heterocycles. The lowest BCUT2D eigenvalue weighted by atomic mass is 9.98. The largest absolute Gasteiger partial charge is 0.393 e. The Hall–Kier alpha value is -2.86. The summed E-state index contributed by atoms with van der Waals surface area (Å²) in [6.07, 6.45) is 2.76. The molecule has 0 unspecified atom stereocenters. The van der Waals surface area contributed by atoms with E-state index in [-0.39, 0.29) is 5.56 Å². The Morgan fingerprint density at radius 2 is 1.68 bits per heavy atom. The van der Waals surface area contributed by atoms with Crippen LogP contribution in [0.15, 0.2) is 83.0 Å². The number of nitrogens with zero attached hydrogens (tertiary/aromatic N) is 2. The summed E-state index contributed by atoms with van der Waals surface area (Å²) in [7, 11) is -1.30. The van der Waals surface area contributed by atoms with Crippen molar-refractivity contribution in [2.45, 2.75) is 29.4 Å². The maximum atomic E-state index is 12.9. The van der Waals surface area contributed by atoms with Gasteiger partial charge in [0.25, 0.3) is 0 Å². The number of aryl methyl sites for hydroxylation is 1. The number of benzene rings is 2. The third-order valence-corrected chi connectivity index (χ3v) is 8.02. The van der Waals surface area contributed by atoms with Crippen LogP contribution in [0.5, 0.6) is 0 Å². The molecule has 0 aliphatic heterocycles. The van der Waals surface area contributed by atoms with Crippen molar-refractivity contribution in [2.24, 2.45) is 0 Å². The number of hydrogen-bond donors (Lipinski definition) is 0. The van der Waals surface area contributed by atoms with Crippen LogP contribution in [0.4, 0.5) is 13.2 Å². The van der Waals surface area contributed by atoms with E-state index in [0.29, 0.717) is 11.3 Å². The summed E-state index contributed by atoms with van der Waals surface area (Å²) in [4.78, 5) is 10.3. The Labute approximate surface area is 181 Å². The summed E-state index contributed by atoms with van der Waals surface area (Å²) < 4.78 is 38.8. The van der Waals surface area contributed by atoms with Crippen molar-refractivity contribution in [3.8, 4) is 11.3 Å². The number of alkyl halides is 3. The van der Waals surface area contributed by atoms with Crippen molar-refractivity contribution in [2.75, 3.05) is 12.5 Å². The SMILES string of the molecule is Cc1cc(CC(F)(F)F)cc(-c2nccc3cc(S(C)(C)c4ccccn4)ccc23)c1. The zero-order chi connectivity index (χ0) is 22.2. The number of pyridine rings is 2. The van der Waals surface area contributed by atoms with Crippen LogP contribution in [0, 0.1) is 6.92 Å². The zero-order valence-electron chi connectivity index (χ0n) is 17.6. The van der Waals surface area contributed by atoms with Crippen LogP contribution in [0.3, 0.4) is 0 Å². The van der Waals surface area contributed by atoms with Gasteiger partial charge in [0, 0.05) is 23.3 Å². The quantitative estimate of drug-likeness (QED) is 0.336. The van der Waals surface area contributed by atoms with Gasteiger partial charge in [0.1, 0.15) is 0 Å².